The van der Waals surface area contributed by atoms with Gasteiger partial charge in [-0.05, 0) is 18.6 Å². The van der Waals surface area contributed by atoms with Crippen molar-refractivity contribution < 1.29 is 14.6 Å². The van der Waals surface area contributed by atoms with E-state index in [4.69, 9.17) is 9.84 Å². The van der Waals surface area contributed by atoms with Crippen LogP contribution in [-0.2, 0) is 0 Å². The van der Waals surface area contributed by atoms with Gasteiger partial charge < -0.3 is 9.84 Å². The summed E-state index contributed by atoms with van der Waals surface area (Å²) in [5.41, 5.74) is 0.128. The Kier molecular flexibility index (Phi) is 6.84. The van der Waals surface area contributed by atoms with Gasteiger partial charge in [-0.15, -0.1) is 0 Å². The number of carbonyl (C=O) groups is 1. The van der Waals surface area contributed by atoms with E-state index in [0.29, 0.717) is 6.61 Å². The molecule has 0 saturated carbocycles. The molecule has 1 rings (SSSR count). The lowest BCUT2D eigenvalue weighted by Crippen LogP contribution is -2.06. The molecule has 0 aromatic carbocycles. The Bertz CT molecular complexity index is 366. The summed E-state index contributed by atoms with van der Waals surface area (Å²) in [6.45, 7) is 2.72. The van der Waals surface area contributed by atoms with E-state index in [2.05, 4.69) is 11.9 Å². The summed E-state index contributed by atoms with van der Waals surface area (Å²) in [7, 11) is 0. The second kappa shape index (κ2) is 8.50. The second-order valence-corrected chi connectivity index (χ2v) is 4.28. The molecule has 0 radical (unpaired) electrons. The first-order valence-electron chi connectivity index (χ1n) is 6.56. The van der Waals surface area contributed by atoms with Gasteiger partial charge in [-0.25, -0.2) is 9.78 Å². The Morgan fingerprint density at radius 3 is 2.72 bits per heavy atom. The first kappa shape index (κ1) is 14.5. The monoisotopic (exact) mass is 251 g/mol. The van der Waals surface area contributed by atoms with Crippen LogP contribution >= 0.6 is 0 Å². The van der Waals surface area contributed by atoms with Crippen LogP contribution in [0.25, 0.3) is 0 Å². The highest BCUT2D eigenvalue weighted by atomic mass is 16.5. The van der Waals surface area contributed by atoms with Crippen LogP contribution in [0, 0.1) is 0 Å². The molecule has 1 N–H and O–H groups in total. The SMILES string of the molecule is CCCCCCCCOc1ncccc1C(=O)O. The molecule has 1 aromatic rings. The van der Waals surface area contributed by atoms with Crippen molar-refractivity contribution in [3.63, 3.8) is 0 Å². The Labute approximate surface area is 108 Å². The fourth-order valence-electron chi connectivity index (χ4n) is 1.72. The van der Waals surface area contributed by atoms with E-state index < -0.39 is 5.97 Å². The average Bonchev–Trinajstić information content (AvgIpc) is 2.38. The van der Waals surface area contributed by atoms with Gasteiger partial charge in [0.15, 0.2) is 0 Å². The molecule has 0 spiro atoms. The van der Waals surface area contributed by atoms with E-state index >= 15 is 0 Å². The third kappa shape index (κ3) is 5.17. The molecule has 0 aliphatic rings. The number of carboxylic acid groups (broad SMARTS) is 1. The van der Waals surface area contributed by atoms with Crippen LogP contribution in [0.15, 0.2) is 18.3 Å². The Hall–Kier alpha value is -1.58. The van der Waals surface area contributed by atoms with Gasteiger partial charge in [0.2, 0.25) is 5.88 Å². The number of ether oxygens (including phenoxy) is 1. The normalized spacial score (nSPS) is 10.3. The molecular formula is C14H21NO3. The highest BCUT2D eigenvalue weighted by molar-refractivity contribution is 5.90. The largest absolute Gasteiger partial charge is 0.477 e. The Morgan fingerprint density at radius 2 is 2.00 bits per heavy atom. The highest BCUT2D eigenvalue weighted by Crippen LogP contribution is 2.14. The molecule has 0 fully saturated rings. The molecule has 4 heteroatoms. The van der Waals surface area contributed by atoms with Gasteiger partial charge >= 0.3 is 5.97 Å². The zero-order valence-electron chi connectivity index (χ0n) is 10.9. The van der Waals surface area contributed by atoms with Crippen molar-refractivity contribution in [3.8, 4) is 5.88 Å². The van der Waals surface area contributed by atoms with Crippen LogP contribution in [-0.4, -0.2) is 22.7 Å². The van der Waals surface area contributed by atoms with Crippen molar-refractivity contribution in [2.75, 3.05) is 6.61 Å². The van der Waals surface area contributed by atoms with Crippen molar-refractivity contribution >= 4 is 5.97 Å². The van der Waals surface area contributed by atoms with Crippen LogP contribution < -0.4 is 4.74 Å². The summed E-state index contributed by atoms with van der Waals surface area (Å²) in [4.78, 5) is 14.9. The smallest absolute Gasteiger partial charge is 0.341 e. The van der Waals surface area contributed by atoms with E-state index in [1.54, 1.807) is 12.3 Å². The summed E-state index contributed by atoms with van der Waals surface area (Å²) >= 11 is 0. The standard InChI is InChI=1S/C14H21NO3/c1-2-3-4-5-6-7-11-18-13-12(14(16)17)9-8-10-15-13/h8-10H,2-7,11H2,1H3,(H,16,17). The van der Waals surface area contributed by atoms with E-state index in [1.165, 1.54) is 31.7 Å². The summed E-state index contributed by atoms with van der Waals surface area (Å²) in [5.74, 6) is -0.778. The molecular weight excluding hydrogens is 230 g/mol. The topological polar surface area (TPSA) is 59.4 Å². The number of rotatable bonds is 9. The molecule has 0 amide bonds. The Balaban J connectivity index is 2.25. The third-order valence-corrected chi connectivity index (χ3v) is 2.74. The molecule has 0 bridgehead atoms. The van der Waals surface area contributed by atoms with Crippen LogP contribution in [0.3, 0.4) is 0 Å². The summed E-state index contributed by atoms with van der Waals surface area (Å²) < 4.78 is 5.41. The lowest BCUT2D eigenvalue weighted by molar-refractivity contribution is 0.0691. The summed E-state index contributed by atoms with van der Waals surface area (Å²) in [5, 5.41) is 8.95. The number of nitrogens with zero attached hydrogens (tertiary/aromatic N) is 1. The zero-order valence-corrected chi connectivity index (χ0v) is 10.9. The van der Waals surface area contributed by atoms with Crippen molar-refractivity contribution in [3.05, 3.63) is 23.9 Å². The lowest BCUT2D eigenvalue weighted by atomic mass is 10.1. The van der Waals surface area contributed by atoms with Gasteiger partial charge in [-0.3, -0.25) is 0 Å². The predicted molar refractivity (Wildman–Crippen MR) is 70.1 cm³/mol. The zero-order chi connectivity index (χ0) is 13.2. The first-order valence-corrected chi connectivity index (χ1v) is 6.56. The van der Waals surface area contributed by atoms with Crippen molar-refractivity contribution in [1.29, 1.82) is 0 Å². The van der Waals surface area contributed by atoms with Crippen molar-refractivity contribution in [2.24, 2.45) is 0 Å². The molecule has 0 saturated heterocycles. The molecule has 1 heterocycles. The van der Waals surface area contributed by atoms with Gasteiger partial charge in [0.1, 0.15) is 5.56 Å². The average molecular weight is 251 g/mol. The minimum atomic E-state index is -0.999. The number of unbranched alkanes of at least 4 members (excludes halogenated alkanes) is 5. The van der Waals surface area contributed by atoms with Gasteiger partial charge in [-0.2, -0.15) is 0 Å². The van der Waals surface area contributed by atoms with E-state index in [9.17, 15) is 4.79 Å². The van der Waals surface area contributed by atoms with Gasteiger partial charge in [0.05, 0.1) is 6.61 Å². The quantitative estimate of drug-likeness (QED) is 0.682. The van der Waals surface area contributed by atoms with Gasteiger partial charge in [0, 0.05) is 6.20 Å². The Morgan fingerprint density at radius 1 is 1.28 bits per heavy atom. The maximum absolute atomic E-state index is 10.9. The fourth-order valence-corrected chi connectivity index (χ4v) is 1.72. The molecule has 18 heavy (non-hydrogen) atoms. The molecule has 0 aliphatic carbocycles. The second-order valence-electron chi connectivity index (χ2n) is 4.28. The van der Waals surface area contributed by atoms with E-state index in [-0.39, 0.29) is 11.4 Å². The number of aromatic nitrogens is 1. The number of carboxylic acids is 1. The highest BCUT2D eigenvalue weighted by Gasteiger charge is 2.11. The summed E-state index contributed by atoms with van der Waals surface area (Å²) in [6.07, 6.45) is 8.61. The number of pyridine rings is 1. The number of hydrogen-bond donors (Lipinski definition) is 1. The third-order valence-electron chi connectivity index (χ3n) is 2.74. The van der Waals surface area contributed by atoms with E-state index in [1.807, 2.05) is 0 Å². The maximum Gasteiger partial charge on any atom is 0.341 e. The molecule has 0 atom stereocenters. The molecule has 0 aliphatic heterocycles. The van der Waals surface area contributed by atoms with Crippen molar-refractivity contribution in [2.45, 2.75) is 45.4 Å². The summed E-state index contributed by atoms with van der Waals surface area (Å²) in [6, 6.07) is 3.10. The van der Waals surface area contributed by atoms with Crippen molar-refractivity contribution in [1.82, 2.24) is 4.98 Å². The molecule has 0 unspecified atom stereocenters. The van der Waals surface area contributed by atoms with Crippen LogP contribution in [0.2, 0.25) is 0 Å². The fraction of sp³-hybridized carbons (Fsp3) is 0.571. The van der Waals surface area contributed by atoms with Gasteiger partial charge in [0.25, 0.3) is 0 Å². The number of aromatic carboxylic acids is 1. The van der Waals surface area contributed by atoms with Crippen LogP contribution in [0.1, 0.15) is 55.8 Å². The van der Waals surface area contributed by atoms with Crippen LogP contribution in [0.5, 0.6) is 5.88 Å². The number of hydrogen-bond acceptors (Lipinski definition) is 3. The molecule has 1 aromatic heterocycles. The van der Waals surface area contributed by atoms with Gasteiger partial charge in [-0.1, -0.05) is 39.0 Å². The lowest BCUT2D eigenvalue weighted by Gasteiger charge is -2.07. The van der Waals surface area contributed by atoms with Crippen LogP contribution in [0.4, 0.5) is 0 Å². The molecule has 4 nitrogen and oxygen atoms in total. The van der Waals surface area contributed by atoms with E-state index in [0.717, 1.165) is 12.8 Å². The first-order chi connectivity index (χ1) is 8.75. The predicted octanol–water partition coefficient (Wildman–Crippen LogP) is 3.52. The minimum absolute atomic E-state index is 0.128. The molecule has 100 valence electrons. The minimum Gasteiger partial charge on any atom is -0.477 e. The maximum atomic E-state index is 10.9.